The zero-order valence-corrected chi connectivity index (χ0v) is 20.9. The van der Waals surface area contributed by atoms with Crippen molar-refractivity contribution in [3.8, 4) is 0 Å². The Hall–Kier alpha value is -1.46. The van der Waals surface area contributed by atoms with Crippen molar-refractivity contribution in [2.24, 2.45) is 0 Å². The molecule has 0 radical (unpaired) electrons. The van der Waals surface area contributed by atoms with E-state index in [2.05, 4.69) is 23.1 Å². The number of likely N-dealkylation sites (tertiary alicyclic amines) is 1. The zero-order chi connectivity index (χ0) is 24.8. The quantitative estimate of drug-likeness (QED) is 0.566. The van der Waals surface area contributed by atoms with Gasteiger partial charge in [0.15, 0.2) is 0 Å². The predicted molar refractivity (Wildman–Crippen MR) is 126 cm³/mol. The fraction of sp³-hybridized carbons (Fsp3) is 0.720. The molecule has 6 nitrogen and oxygen atoms in total. The van der Waals surface area contributed by atoms with Crippen molar-refractivity contribution in [2.45, 2.75) is 101 Å². The normalized spacial score (nSPS) is 26.6. The number of hydrogen-bond donors (Lipinski definition) is 2. The lowest BCUT2D eigenvalue weighted by molar-refractivity contribution is -0.135. The fourth-order valence-corrected chi connectivity index (χ4v) is 7.43. The molecule has 2 fully saturated rings. The molecule has 1 spiro atoms. The molecule has 5 rings (SSSR count). The van der Waals surface area contributed by atoms with Gasteiger partial charge in [0.2, 0.25) is 0 Å². The number of rotatable bonds is 7. The van der Waals surface area contributed by atoms with E-state index in [0.717, 1.165) is 62.1 Å². The van der Waals surface area contributed by atoms with Crippen LogP contribution in [0.15, 0.2) is 12.4 Å². The Morgan fingerprint density at radius 3 is 2.74 bits per heavy atom. The Balaban J connectivity index is 1.24. The molecule has 1 saturated carbocycles. The van der Waals surface area contributed by atoms with Crippen LogP contribution in [0.5, 0.6) is 0 Å². The Bertz CT molecular complexity index is 1050. The SMILES string of the molecule is C[C@H]1C[C@@]2(CCN1Cc1cnn(CCCC3(O)CCC3)c1)OCCc1c2sc(C(F)(F)F)c1CO. The molecular weight excluding hydrogens is 479 g/mol. The largest absolute Gasteiger partial charge is 0.425 e. The third kappa shape index (κ3) is 4.92. The lowest BCUT2D eigenvalue weighted by atomic mass is 9.77. The van der Waals surface area contributed by atoms with Crippen LogP contribution in [0.1, 0.15) is 78.3 Å². The first-order valence-corrected chi connectivity index (χ1v) is 13.4. The number of piperidine rings is 1. The van der Waals surface area contributed by atoms with Crippen molar-refractivity contribution in [3.05, 3.63) is 38.8 Å². The van der Waals surface area contributed by atoms with E-state index in [1.807, 2.05) is 10.9 Å². The van der Waals surface area contributed by atoms with Gasteiger partial charge < -0.3 is 14.9 Å². The van der Waals surface area contributed by atoms with Crippen molar-refractivity contribution in [1.29, 1.82) is 0 Å². The second-order valence-electron chi connectivity index (χ2n) is 10.5. The van der Waals surface area contributed by atoms with Crippen molar-refractivity contribution >= 4 is 11.3 Å². The van der Waals surface area contributed by atoms with E-state index in [-0.39, 0.29) is 11.6 Å². The van der Waals surface area contributed by atoms with Crippen LogP contribution in [-0.2, 0) is 42.6 Å². The Morgan fingerprint density at radius 1 is 1.29 bits per heavy atom. The first kappa shape index (κ1) is 25.2. The first-order valence-electron chi connectivity index (χ1n) is 12.6. The summed E-state index contributed by atoms with van der Waals surface area (Å²) in [6, 6.07) is 0.125. The minimum Gasteiger partial charge on any atom is -0.392 e. The lowest BCUT2D eigenvalue weighted by Crippen LogP contribution is -2.50. The summed E-state index contributed by atoms with van der Waals surface area (Å²) in [5, 5.41) is 24.5. The van der Waals surface area contributed by atoms with Gasteiger partial charge >= 0.3 is 6.18 Å². The fourth-order valence-electron chi connectivity index (χ4n) is 6.02. The molecule has 1 saturated heterocycles. The molecule has 2 aromatic heterocycles. The highest BCUT2D eigenvalue weighted by molar-refractivity contribution is 7.12. The summed E-state index contributed by atoms with van der Waals surface area (Å²) < 4.78 is 49.1. The first-order chi connectivity index (χ1) is 16.6. The van der Waals surface area contributed by atoms with Crippen molar-refractivity contribution in [3.63, 3.8) is 0 Å². The summed E-state index contributed by atoms with van der Waals surface area (Å²) in [6.07, 6.45) is 5.76. The highest BCUT2D eigenvalue weighted by atomic mass is 32.1. The highest BCUT2D eigenvalue weighted by Crippen LogP contribution is 2.51. The topological polar surface area (TPSA) is 70.8 Å². The monoisotopic (exact) mass is 513 g/mol. The standard InChI is InChI=1S/C25H34F3N3O3S/c1-17-12-24(21-19(4-11-34-24)20(16-32)22(35-21)25(26,27)28)8-10-30(17)14-18-13-29-31(15-18)9-3-7-23(33)5-2-6-23/h13,15,17,32-33H,2-12,14,16H2,1H3/t17-,24+/m0/s1. The van der Waals surface area contributed by atoms with Gasteiger partial charge in [0, 0.05) is 47.9 Å². The molecule has 2 aliphatic heterocycles. The van der Waals surface area contributed by atoms with E-state index in [4.69, 9.17) is 4.74 Å². The van der Waals surface area contributed by atoms with Crippen LogP contribution in [0.25, 0.3) is 0 Å². The van der Waals surface area contributed by atoms with Crippen LogP contribution >= 0.6 is 11.3 Å². The molecule has 0 unspecified atom stereocenters. The molecular formula is C25H34F3N3O3S. The summed E-state index contributed by atoms with van der Waals surface area (Å²) in [7, 11) is 0. The molecule has 0 amide bonds. The number of thiophene rings is 1. The molecule has 194 valence electrons. The third-order valence-electron chi connectivity index (χ3n) is 8.11. The van der Waals surface area contributed by atoms with Crippen LogP contribution in [0, 0.1) is 0 Å². The number of aromatic nitrogens is 2. The maximum Gasteiger partial charge on any atom is 0.425 e. The maximum atomic E-state index is 13.6. The van der Waals surface area contributed by atoms with Gasteiger partial charge in [-0.1, -0.05) is 0 Å². The summed E-state index contributed by atoms with van der Waals surface area (Å²) in [4.78, 5) is 2.32. The number of fused-ring (bicyclic) bond motifs is 2. The van der Waals surface area contributed by atoms with Gasteiger partial charge in [0.25, 0.3) is 0 Å². The molecule has 0 bridgehead atoms. The number of alkyl halides is 3. The summed E-state index contributed by atoms with van der Waals surface area (Å²) in [6.45, 7) is 4.11. The second kappa shape index (κ2) is 9.45. The molecule has 2 atom stereocenters. The van der Waals surface area contributed by atoms with Gasteiger partial charge in [0.05, 0.1) is 25.0 Å². The average Bonchev–Trinajstić information content (AvgIpc) is 3.39. The Kier molecular flexibility index (Phi) is 6.80. The molecule has 1 aliphatic carbocycles. The van der Waals surface area contributed by atoms with Crippen molar-refractivity contribution in [2.75, 3.05) is 13.2 Å². The molecule has 3 aliphatic rings. The van der Waals surface area contributed by atoms with Gasteiger partial charge in [-0.15, -0.1) is 11.3 Å². The maximum absolute atomic E-state index is 13.6. The molecule has 10 heteroatoms. The number of halogens is 3. The van der Waals surface area contributed by atoms with E-state index in [9.17, 15) is 23.4 Å². The van der Waals surface area contributed by atoms with Gasteiger partial charge in [-0.2, -0.15) is 18.3 Å². The van der Waals surface area contributed by atoms with Gasteiger partial charge in [-0.25, -0.2) is 0 Å². The Morgan fingerprint density at radius 2 is 2.09 bits per heavy atom. The number of aryl methyl sites for hydroxylation is 1. The zero-order valence-electron chi connectivity index (χ0n) is 20.1. The minimum absolute atomic E-state index is 0.0344. The highest BCUT2D eigenvalue weighted by Gasteiger charge is 2.48. The minimum atomic E-state index is -4.47. The van der Waals surface area contributed by atoms with Crippen LogP contribution in [0.3, 0.4) is 0 Å². The van der Waals surface area contributed by atoms with E-state index in [1.165, 1.54) is 0 Å². The number of nitrogens with zero attached hydrogens (tertiary/aromatic N) is 3. The second-order valence-corrected chi connectivity index (χ2v) is 11.6. The molecule has 2 N–H and O–H groups in total. The molecule has 35 heavy (non-hydrogen) atoms. The third-order valence-corrected chi connectivity index (χ3v) is 9.62. The van der Waals surface area contributed by atoms with E-state index >= 15 is 0 Å². The van der Waals surface area contributed by atoms with E-state index < -0.39 is 28.9 Å². The number of aliphatic hydroxyl groups excluding tert-OH is 1. The molecule has 4 heterocycles. The average molecular weight is 514 g/mol. The lowest BCUT2D eigenvalue weighted by Gasteiger charge is -2.47. The molecule has 2 aromatic rings. The van der Waals surface area contributed by atoms with Crippen molar-refractivity contribution < 1.29 is 28.1 Å². The van der Waals surface area contributed by atoms with E-state index in [0.29, 0.717) is 42.9 Å². The Labute approximate surface area is 207 Å². The van der Waals surface area contributed by atoms with Crippen LogP contribution in [0.4, 0.5) is 13.2 Å². The summed E-state index contributed by atoms with van der Waals surface area (Å²) in [5.41, 5.74) is 0.612. The number of aliphatic hydroxyl groups is 2. The van der Waals surface area contributed by atoms with E-state index in [1.54, 1.807) is 0 Å². The van der Waals surface area contributed by atoms with Gasteiger partial charge in [-0.3, -0.25) is 9.58 Å². The summed E-state index contributed by atoms with van der Waals surface area (Å²) >= 11 is 0.765. The molecule has 0 aromatic carbocycles. The number of hydrogen-bond acceptors (Lipinski definition) is 6. The van der Waals surface area contributed by atoms with Gasteiger partial charge in [-0.05, 0) is 63.9 Å². The predicted octanol–water partition coefficient (Wildman–Crippen LogP) is 4.60. The van der Waals surface area contributed by atoms with Crippen LogP contribution in [-0.4, -0.2) is 49.7 Å². The van der Waals surface area contributed by atoms with Gasteiger partial charge in [0.1, 0.15) is 10.5 Å². The van der Waals surface area contributed by atoms with Crippen LogP contribution in [0.2, 0.25) is 0 Å². The van der Waals surface area contributed by atoms with Crippen LogP contribution < -0.4 is 0 Å². The number of ether oxygens (including phenoxy) is 1. The van der Waals surface area contributed by atoms with Crippen molar-refractivity contribution in [1.82, 2.24) is 14.7 Å². The smallest absolute Gasteiger partial charge is 0.392 e. The summed E-state index contributed by atoms with van der Waals surface area (Å²) in [5.74, 6) is 0.